The van der Waals surface area contributed by atoms with Gasteiger partial charge >= 0.3 is 0 Å². The maximum atomic E-state index is 10.2. The smallest absolute Gasteiger partial charge is 0.136 e. The predicted molar refractivity (Wildman–Crippen MR) is 57.2 cm³/mol. The number of ether oxygens (including phenoxy) is 2. The molecule has 1 fully saturated rings. The van der Waals surface area contributed by atoms with Gasteiger partial charge in [0.1, 0.15) is 11.4 Å². The van der Waals surface area contributed by atoms with Crippen molar-refractivity contribution < 1.29 is 14.6 Å². The number of hydrogen-bond acceptors (Lipinski definition) is 3. The van der Waals surface area contributed by atoms with E-state index in [1.54, 1.807) is 7.11 Å². The highest BCUT2D eigenvalue weighted by atomic mass is 16.5. The largest absolute Gasteiger partial charge is 0.496 e. The third-order valence-corrected chi connectivity index (χ3v) is 3.14. The third-order valence-electron chi connectivity index (χ3n) is 3.14. The monoisotopic (exact) mass is 208 g/mol. The quantitative estimate of drug-likeness (QED) is 0.801. The van der Waals surface area contributed by atoms with E-state index in [1.165, 1.54) is 0 Å². The summed E-state index contributed by atoms with van der Waals surface area (Å²) in [6.07, 6.45) is 0. The van der Waals surface area contributed by atoms with Crippen molar-refractivity contribution in [2.75, 3.05) is 20.3 Å². The van der Waals surface area contributed by atoms with E-state index in [0.717, 1.165) is 22.4 Å². The lowest BCUT2D eigenvalue weighted by molar-refractivity contribution is -0.185. The Morgan fingerprint density at radius 3 is 2.40 bits per heavy atom. The van der Waals surface area contributed by atoms with Gasteiger partial charge in [0.15, 0.2) is 0 Å². The van der Waals surface area contributed by atoms with E-state index >= 15 is 0 Å². The molecule has 0 radical (unpaired) electrons. The molecule has 1 aliphatic heterocycles. The average Bonchev–Trinajstić information content (AvgIpc) is 2.19. The van der Waals surface area contributed by atoms with Crippen LogP contribution in [0, 0.1) is 13.8 Å². The third kappa shape index (κ3) is 1.52. The second-order valence-corrected chi connectivity index (χ2v) is 4.09. The van der Waals surface area contributed by atoms with E-state index in [0.29, 0.717) is 13.2 Å². The van der Waals surface area contributed by atoms with Gasteiger partial charge in [0.25, 0.3) is 0 Å². The van der Waals surface area contributed by atoms with Crippen molar-refractivity contribution in [3.05, 3.63) is 28.8 Å². The zero-order chi connectivity index (χ0) is 11.1. The minimum absolute atomic E-state index is 0.389. The molecule has 3 heteroatoms. The lowest BCUT2D eigenvalue weighted by Crippen LogP contribution is -2.47. The summed E-state index contributed by atoms with van der Waals surface area (Å²) in [5.41, 5.74) is 2.32. The molecular formula is C12H16O3. The van der Waals surface area contributed by atoms with Gasteiger partial charge in [-0.2, -0.15) is 0 Å². The van der Waals surface area contributed by atoms with Gasteiger partial charge in [0, 0.05) is 0 Å². The SMILES string of the molecule is COc1ccc(C2(O)COC2)c(C)c1C. The minimum atomic E-state index is -0.791. The average molecular weight is 208 g/mol. The molecule has 15 heavy (non-hydrogen) atoms. The molecule has 0 atom stereocenters. The first-order valence-electron chi connectivity index (χ1n) is 5.03. The van der Waals surface area contributed by atoms with Gasteiger partial charge in [-0.3, -0.25) is 0 Å². The summed E-state index contributed by atoms with van der Waals surface area (Å²) in [4.78, 5) is 0. The second kappa shape index (κ2) is 3.51. The number of rotatable bonds is 2. The molecule has 0 aliphatic carbocycles. The molecule has 0 amide bonds. The summed E-state index contributed by atoms with van der Waals surface area (Å²) in [6.45, 7) is 4.78. The van der Waals surface area contributed by atoms with E-state index in [2.05, 4.69) is 0 Å². The van der Waals surface area contributed by atoms with Crippen molar-refractivity contribution in [2.45, 2.75) is 19.4 Å². The molecule has 1 aromatic carbocycles. The van der Waals surface area contributed by atoms with Gasteiger partial charge < -0.3 is 14.6 Å². The van der Waals surface area contributed by atoms with Crippen molar-refractivity contribution in [2.24, 2.45) is 0 Å². The normalized spacial score (nSPS) is 18.4. The fourth-order valence-electron chi connectivity index (χ4n) is 1.97. The Kier molecular flexibility index (Phi) is 2.44. The van der Waals surface area contributed by atoms with Crippen LogP contribution in [0.25, 0.3) is 0 Å². The fraction of sp³-hybridized carbons (Fsp3) is 0.500. The first-order chi connectivity index (χ1) is 7.08. The minimum Gasteiger partial charge on any atom is -0.496 e. The Hall–Kier alpha value is -1.06. The highest BCUT2D eigenvalue weighted by molar-refractivity contribution is 5.46. The Morgan fingerprint density at radius 2 is 1.93 bits per heavy atom. The van der Waals surface area contributed by atoms with E-state index in [4.69, 9.17) is 9.47 Å². The molecule has 0 bridgehead atoms. The molecule has 1 heterocycles. The Labute approximate surface area is 89.6 Å². The van der Waals surface area contributed by atoms with Gasteiger partial charge in [-0.1, -0.05) is 6.07 Å². The van der Waals surface area contributed by atoms with Crippen LogP contribution in [-0.4, -0.2) is 25.4 Å². The Morgan fingerprint density at radius 1 is 1.27 bits per heavy atom. The molecule has 0 unspecified atom stereocenters. The number of hydrogen-bond donors (Lipinski definition) is 1. The van der Waals surface area contributed by atoms with Crippen LogP contribution < -0.4 is 4.74 Å². The van der Waals surface area contributed by atoms with Crippen LogP contribution in [0.1, 0.15) is 16.7 Å². The van der Waals surface area contributed by atoms with Crippen LogP contribution >= 0.6 is 0 Å². The first-order valence-corrected chi connectivity index (χ1v) is 5.03. The topological polar surface area (TPSA) is 38.7 Å². The predicted octanol–water partition coefficient (Wildman–Crippen LogP) is 1.53. The summed E-state index contributed by atoms with van der Waals surface area (Å²) >= 11 is 0. The van der Waals surface area contributed by atoms with E-state index in [1.807, 2.05) is 26.0 Å². The van der Waals surface area contributed by atoms with Crippen molar-refractivity contribution in [3.63, 3.8) is 0 Å². The van der Waals surface area contributed by atoms with Crippen LogP contribution in [0.2, 0.25) is 0 Å². The van der Waals surface area contributed by atoms with Crippen molar-refractivity contribution >= 4 is 0 Å². The van der Waals surface area contributed by atoms with Crippen LogP contribution in [-0.2, 0) is 10.3 Å². The summed E-state index contributed by atoms with van der Waals surface area (Å²) < 4.78 is 10.3. The molecule has 1 saturated heterocycles. The molecule has 82 valence electrons. The van der Waals surface area contributed by atoms with E-state index in [-0.39, 0.29) is 0 Å². The molecule has 1 aromatic rings. The summed E-state index contributed by atoms with van der Waals surface area (Å²) in [5.74, 6) is 0.861. The second-order valence-electron chi connectivity index (χ2n) is 4.09. The van der Waals surface area contributed by atoms with E-state index < -0.39 is 5.60 Å². The van der Waals surface area contributed by atoms with Crippen LogP contribution in [0.15, 0.2) is 12.1 Å². The summed E-state index contributed by atoms with van der Waals surface area (Å²) in [6, 6.07) is 3.82. The van der Waals surface area contributed by atoms with Gasteiger partial charge in [-0.25, -0.2) is 0 Å². The van der Waals surface area contributed by atoms with Crippen LogP contribution in [0.5, 0.6) is 5.75 Å². The highest BCUT2D eigenvalue weighted by Gasteiger charge is 2.39. The maximum absolute atomic E-state index is 10.2. The number of benzene rings is 1. The standard InChI is InChI=1S/C12H16O3/c1-8-9(2)11(14-3)5-4-10(8)12(13)6-15-7-12/h4-5,13H,6-7H2,1-3H3. The number of methoxy groups -OCH3 is 1. The summed E-state index contributed by atoms with van der Waals surface area (Å²) in [7, 11) is 1.66. The highest BCUT2D eigenvalue weighted by Crippen LogP contribution is 2.35. The van der Waals surface area contributed by atoms with Crippen LogP contribution in [0.4, 0.5) is 0 Å². The van der Waals surface area contributed by atoms with E-state index in [9.17, 15) is 5.11 Å². The molecule has 1 N–H and O–H groups in total. The van der Waals surface area contributed by atoms with Crippen LogP contribution in [0.3, 0.4) is 0 Å². The van der Waals surface area contributed by atoms with Crippen molar-refractivity contribution in [3.8, 4) is 5.75 Å². The molecule has 3 nitrogen and oxygen atoms in total. The molecule has 1 aliphatic rings. The lowest BCUT2D eigenvalue weighted by atomic mass is 9.86. The van der Waals surface area contributed by atoms with Gasteiger partial charge in [0.2, 0.25) is 0 Å². The van der Waals surface area contributed by atoms with Gasteiger partial charge in [-0.15, -0.1) is 0 Å². The van der Waals surface area contributed by atoms with Gasteiger partial charge in [0.05, 0.1) is 20.3 Å². The summed E-state index contributed by atoms with van der Waals surface area (Å²) in [5, 5.41) is 10.2. The molecule has 2 rings (SSSR count). The van der Waals surface area contributed by atoms with Crippen molar-refractivity contribution in [1.29, 1.82) is 0 Å². The first kappa shape index (κ1) is 10.5. The maximum Gasteiger partial charge on any atom is 0.136 e. The molecular weight excluding hydrogens is 192 g/mol. The van der Waals surface area contributed by atoms with Crippen molar-refractivity contribution in [1.82, 2.24) is 0 Å². The number of aliphatic hydroxyl groups is 1. The fourth-order valence-corrected chi connectivity index (χ4v) is 1.97. The Bertz CT molecular complexity index is 381. The molecule has 0 aromatic heterocycles. The zero-order valence-electron chi connectivity index (χ0n) is 9.33. The Balaban J connectivity index is 2.46. The zero-order valence-corrected chi connectivity index (χ0v) is 9.33. The molecule has 0 saturated carbocycles. The lowest BCUT2D eigenvalue weighted by Gasteiger charge is -2.38. The molecule has 0 spiro atoms. The van der Waals surface area contributed by atoms with Gasteiger partial charge in [-0.05, 0) is 36.6 Å².